The van der Waals surface area contributed by atoms with Crippen molar-refractivity contribution < 1.29 is 24.1 Å². The van der Waals surface area contributed by atoms with Gasteiger partial charge in [0.15, 0.2) is 5.79 Å². The molecule has 0 saturated carbocycles. The Labute approximate surface area is 99.5 Å². The molecule has 2 aliphatic rings. The summed E-state index contributed by atoms with van der Waals surface area (Å²) in [6.45, 7) is 3.87. The van der Waals surface area contributed by atoms with Crippen molar-refractivity contribution in [3.63, 3.8) is 0 Å². The lowest BCUT2D eigenvalue weighted by Gasteiger charge is -2.30. The van der Waals surface area contributed by atoms with E-state index >= 15 is 0 Å². The maximum Gasteiger partial charge on any atom is 0.332 e. The zero-order valence-electron chi connectivity index (χ0n) is 10.1. The number of methoxy groups -OCH3 is 1. The van der Waals surface area contributed by atoms with E-state index in [1.165, 1.54) is 13.2 Å². The Hall–Kier alpha value is -1.11. The summed E-state index contributed by atoms with van der Waals surface area (Å²) in [6.07, 6.45) is -0.250. The van der Waals surface area contributed by atoms with Crippen LogP contribution in [-0.2, 0) is 19.0 Å². The van der Waals surface area contributed by atoms with Crippen molar-refractivity contribution in [3.8, 4) is 0 Å². The summed E-state index contributed by atoms with van der Waals surface area (Å²) >= 11 is 0. The molecule has 6 heteroatoms. The Morgan fingerprint density at radius 2 is 2.29 bits per heavy atom. The Morgan fingerprint density at radius 1 is 1.59 bits per heavy atom. The van der Waals surface area contributed by atoms with Crippen LogP contribution in [0.25, 0.3) is 0 Å². The van der Waals surface area contributed by atoms with Crippen LogP contribution in [-0.4, -0.2) is 48.8 Å². The molecule has 0 aromatic carbocycles. The molecule has 2 N–H and O–H groups in total. The predicted octanol–water partition coefficient (Wildman–Crippen LogP) is -0.472. The van der Waals surface area contributed by atoms with Crippen LogP contribution < -0.4 is 5.32 Å². The van der Waals surface area contributed by atoms with Gasteiger partial charge < -0.3 is 24.6 Å². The Bertz CT molecular complexity index is 352. The molecule has 0 aliphatic carbocycles. The van der Waals surface area contributed by atoms with Crippen LogP contribution in [0.4, 0.5) is 0 Å². The summed E-state index contributed by atoms with van der Waals surface area (Å²) in [6, 6.07) is 0. The number of aliphatic hydroxyl groups is 1. The normalized spacial score (nSPS) is 37.4. The second-order valence-electron chi connectivity index (χ2n) is 4.59. The summed E-state index contributed by atoms with van der Waals surface area (Å²) in [5.41, 5.74) is 0.581. The van der Waals surface area contributed by atoms with E-state index < -0.39 is 30.1 Å². The quantitative estimate of drug-likeness (QED) is 0.479. The van der Waals surface area contributed by atoms with Crippen LogP contribution >= 0.6 is 0 Å². The minimum absolute atomic E-state index is 0.323. The minimum Gasteiger partial charge on any atom is -0.466 e. The molecule has 0 aromatic heterocycles. The number of carbonyl (C=O) groups excluding carboxylic acids is 1. The maximum atomic E-state index is 11.2. The van der Waals surface area contributed by atoms with E-state index in [0.29, 0.717) is 12.2 Å². The van der Waals surface area contributed by atoms with Gasteiger partial charge >= 0.3 is 5.97 Å². The third-order valence-electron chi connectivity index (χ3n) is 2.80. The fourth-order valence-corrected chi connectivity index (χ4v) is 2.07. The molecule has 2 saturated heterocycles. The average molecular weight is 243 g/mol. The van der Waals surface area contributed by atoms with E-state index in [4.69, 9.17) is 9.47 Å². The highest BCUT2D eigenvalue weighted by Gasteiger charge is 2.48. The standard InChI is InChI=1S/C11H17NO5/c1-11(2)16-9-6(4-8(14)15-3)12-5-7(13)10(9)17-11/h4,7,9-10,12-13H,5H2,1-3H3/b6-4-/t7-,9-,10+/m1/s1. The van der Waals surface area contributed by atoms with Crippen LogP contribution in [0.15, 0.2) is 11.8 Å². The zero-order chi connectivity index (χ0) is 12.6. The average Bonchev–Trinajstić information content (AvgIpc) is 2.59. The summed E-state index contributed by atoms with van der Waals surface area (Å²) in [4.78, 5) is 11.2. The largest absolute Gasteiger partial charge is 0.466 e. The lowest BCUT2D eigenvalue weighted by molar-refractivity contribution is -0.151. The number of β-amino-alcohol motifs (C(OH)–C–C–N with tert-alkyl or cyclic N) is 1. The van der Waals surface area contributed by atoms with Crippen molar-refractivity contribution in [3.05, 3.63) is 11.8 Å². The van der Waals surface area contributed by atoms with Crippen molar-refractivity contribution >= 4 is 5.97 Å². The SMILES string of the molecule is COC(=O)/C=C1\NC[C@@H](O)[C@@H]2OC(C)(C)O[C@H]12. The van der Waals surface area contributed by atoms with E-state index in [-0.39, 0.29) is 0 Å². The fraction of sp³-hybridized carbons (Fsp3) is 0.727. The number of hydrogen-bond acceptors (Lipinski definition) is 6. The van der Waals surface area contributed by atoms with Crippen LogP contribution in [0.2, 0.25) is 0 Å². The third kappa shape index (κ3) is 2.43. The first-order chi connectivity index (χ1) is 7.93. The van der Waals surface area contributed by atoms with Gasteiger partial charge in [-0.2, -0.15) is 0 Å². The summed E-state index contributed by atoms with van der Waals surface area (Å²) in [5.74, 6) is -1.23. The molecule has 3 atom stereocenters. The van der Waals surface area contributed by atoms with Crippen LogP contribution in [0.3, 0.4) is 0 Å². The van der Waals surface area contributed by atoms with Crippen molar-refractivity contribution in [2.24, 2.45) is 0 Å². The van der Waals surface area contributed by atoms with Gasteiger partial charge in [-0.1, -0.05) is 0 Å². The smallest absolute Gasteiger partial charge is 0.332 e. The first-order valence-corrected chi connectivity index (χ1v) is 5.50. The zero-order valence-corrected chi connectivity index (χ0v) is 10.1. The van der Waals surface area contributed by atoms with Crippen molar-refractivity contribution in [1.82, 2.24) is 5.32 Å². The van der Waals surface area contributed by atoms with Gasteiger partial charge in [0.05, 0.1) is 12.8 Å². The van der Waals surface area contributed by atoms with Crippen molar-refractivity contribution in [1.29, 1.82) is 0 Å². The van der Waals surface area contributed by atoms with Crippen molar-refractivity contribution in [2.45, 2.75) is 37.9 Å². The summed E-state index contributed by atoms with van der Waals surface area (Å²) in [7, 11) is 1.31. The lowest BCUT2D eigenvalue weighted by Crippen LogP contribution is -2.50. The fourth-order valence-electron chi connectivity index (χ4n) is 2.07. The van der Waals surface area contributed by atoms with E-state index in [9.17, 15) is 9.90 Å². The molecule has 0 unspecified atom stereocenters. The highest BCUT2D eigenvalue weighted by atomic mass is 16.8. The molecule has 2 rings (SSSR count). The summed E-state index contributed by atoms with van der Waals surface area (Å²) < 4.78 is 15.8. The Morgan fingerprint density at radius 3 is 2.94 bits per heavy atom. The first-order valence-electron chi connectivity index (χ1n) is 5.50. The summed E-state index contributed by atoms with van der Waals surface area (Å²) in [5, 5.41) is 12.8. The molecular formula is C11H17NO5. The molecule has 0 bridgehead atoms. The molecule has 6 nitrogen and oxygen atoms in total. The van der Waals surface area contributed by atoms with Crippen LogP contribution in [0.1, 0.15) is 13.8 Å². The number of rotatable bonds is 1. The predicted molar refractivity (Wildman–Crippen MR) is 57.9 cm³/mol. The molecular weight excluding hydrogens is 226 g/mol. The highest BCUT2D eigenvalue weighted by molar-refractivity contribution is 5.82. The number of hydrogen-bond donors (Lipinski definition) is 2. The molecule has 0 amide bonds. The number of carbonyl (C=O) groups is 1. The highest BCUT2D eigenvalue weighted by Crippen LogP contribution is 2.34. The van der Waals surface area contributed by atoms with E-state index in [2.05, 4.69) is 10.1 Å². The third-order valence-corrected chi connectivity index (χ3v) is 2.80. The number of piperidine rings is 1. The monoisotopic (exact) mass is 243 g/mol. The second-order valence-corrected chi connectivity index (χ2v) is 4.59. The molecule has 96 valence electrons. The topological polar surface area (TPSA) is 77.0 Å². The van der Waals surface area contributed by atoms with Gasteiger partial charge in [0.25, 0.3) is 0 Å². The van der Waals surface area contributed by atoms with Gasteiger partial charge in [-0.05, 0) is 13.8 Å². The van der Waals surface area contributed by atoms with Gasteiger partial charge in [-0.3, -0.25) is 0 Å². The lowest BCUT2D eigenvalue weighted by atomic mass is 10.0. The van der Waals surface area contributed by atoms with Crippen LogP contribution in [0.5, 0.6) is 0 Å². The van der Waals surface area contributed by atoms with E-state index in [1.54, 1.807) is 13.8 Å². The van der Waals surface area contributed by atoms with E-state index in [1.807, 2.05) is 0 Å². The van der Waals surface area contributed by atoms with E-state index in [0.717, 1.165) is 0 Å². The number of aliphatic hydroxyl groups excluding tert-OH is 1. The van der Waals surface area contributed by atoms with Gasteiger partial charge in [0.2, 0.25) is 0 Å². The van der Waals surface area contributed by atoms with Crippen LogP contribution in [0, 0.1) is 0 Å². The molecule has 2 aliphatic heterocycles. The number of nitrogens with one attached hydrogen (secondary N) is 1. The van der Waals surface area contributed by atoms with Gasteiger partial charge in [-0.15, -0.1) is 0 Å². The number of esters is 1. The number of fused-ring (bicyclic) bond motifs is 1. The molecule has 17 heavy (non-hydrogen) atoms. The molecule has 0 radical (unpaired) electrons. The molecule has 2 fully saturated rings. The first kappa shape index (κ1) is 12.3. The molecule has 0 spiro atoms. The Kier molecular flexibility index (Phi) is 3.11. The van der Waals surface area contributed by atoms with Gasteiger partial charge in [0, 0.05) is 12.6 Å². The Balaban J connectivity index is 2.21. The van der Waals surface area contributed by atoms with Crippen molar-refractivity contribution in [2.75, 3.05) is 13.7 Å². The molecule has 0 aromatic rings. The minimum atomic E-state index is -0.766. The number of ether oxygens (including phenoxy) is 3. The maximum absolute atomic E-state index is 11.2. The van der Waals surface area contributed by atoms with Gasteiger partial charge in [-0.25, -0.2) is 4.79 Å². The second kappa shape index (κ2) is 4.29. The molecule has 2 heterocycles. The van der Waals surface area contributed by atoms with Gasteiger partial charge in [0.1, 0.15) is 18.3 Å².